The van der Waals surface area contributed by atoms with Crippen molar-refractivity contribution in [3.05, 3.63) is 5.01 Å². The molecule has 0 unspecified atom stereocenters. The van der Waals surface area contributed by atoms with E-state index in [0.717, 1.165) is 50.0 Å². The highest BCUT2D eigenvalue weighted by Crippen LogP contribution is 2.43. The summed E-state index contributed by atoms with van der Waals surface area (Å²) in [7, 11) is 0. The largest absolute Gasteiger partial charge is 0.481 e. The lowest BCUT2D eigenvalue weighted by Crippen LogP contribution is -2.32. The number of amides is 1. The van der Waals surface area contributed by atoms with E-state index in [0.29, 0.717) is 11.0 Å². The number of carboxylic acids is 1. The number of carbonyl (C=O) groups is 2. The summed E-state index contributed by atoms with van der Waals surface area (Å²) in [4.78, 5) is 23.4. The van der Waals surface area contributed by atoms with E-state index in [1.165, 1.54) is 11.3 Å². The summed E-state index contributed by atoms with van der Waals surface area (Å²) in [5, 5.41) is 21.6. The van der Waals surface area contributed by atoms with Gasteiger partial charge in [-0.1, -0.05) is 30.6 Å². The van der Waals surface area contributed by atoms with Crippen molar-refractivity contribution >= 4 is 28.3 Å². The molecule has 0 aromatic carbocycles. The van der Waals surface area contributed by atoms with Gasteiger partial charge in [-0.3, -0.25) is 9.59 Å². The van der Waals surface area contributed by atoms with Crippen molar-refractivity contribution in [1.82, 2.24) is 10.2 Å². The molecule has 2 saturated carbocycles. The molecule has 0 atom stereocenters. The van der Waals surface area contributed by atoms with E-state index in [2.05, 4.69) is 15.5 Å². The first-order chi connectivity index (χ1) is 10.6. The van der Waals surface area contributed by atoms with E-state index in [-0.39, 0.29) is 18.7 Å². The number of hydrogen-bond acceptors (Lipinski definition) is 5. The minimum Gasteiger partial charge on any atom is -0.481 e. The van der Waals surface area contributed by atoms with Gasteiger partial charge in [0.2, 0.25) is 11.0 Å². The molecule has 0 aliphatic heterocycles. The third-order valence-corrected chi connectivity index (χ3v) is 5.59. The van der Waals surface area contributed by atoms with Gasteiger partial charge in [0.15, 0.2) is 0 Å². The van der Waals surface area contributed by atoms with Gasteiger partial charge in [-0.05, 0) is 31.1 Å². The molecule has 1 aromatic heterocycles. The average Bonchev–Trinajstić information content (AvgIpc) is 3.19. The lowest BCUT2D eigenvalue weighted by atomic mass is 9.69. The summed E-state index contributed by atoms with van der Waals surface area (Å²) in [6.07, 6.45) is 7.42. The highest BCUT2D eigenvalue weighted by molar-refractivity contribution is 7.15. The number of aromatic nitrogens is 2. The molecule has 2 aliphatic carbocycles. The van der Waals surface area contributed by atoms with Gasteiger partial charge >= 0.3 is 5.97 Å². The van der Waals surface area contributed by atoms with Crippen LogP contribution in [-0.2, 0) is 9.59 Å². The molecule has 120 valence electrons. The van der Waals surface area contributed by atoms with Crippen LogP contribution in [0.1, 0.15) is 68.7 Å². The van der Waals surface area contributed by atoms with Gasteiger partial charge in [0.05, 0.1) is 6.42 Å². The first-order valence-electron chi connectivity index (χ1n) is 7.91. The van der Waals surface area contributed by atoms with Gasteiger partial charge in [-0.2, -0.15) is 0 Å². The van der Waals surface area contributed by atoms with Crippen molar-refractivity contribution in [2.75, 3.05) is 5.32 Å². The second-order valence-electron chi connectivity index (χ2n) is 6.58. The predicted molar refractivity (Wildman–Crippen MR) is 82.9 cm³/mol. The highest BCUT2D eigenvalue weighted by Gasteiger charge is 2.36. The molecular weight excluding hydrogens is 302 g/mol. The molecular formula is C15H21N3O3S. The molecule has 0 radical (unpaired) electrons. The summed E-state index contributed by atoms with van der Waals surface area (Å²) in [6.45, 7) is 0. The van der Waals surface area contributed by atoms with Crippen LogP contribution in [0.4, 0.5) is 5.13 Å². The molecule has 1 amide bonds. The normalized spacial score (nSPS) is 20.5. The Morgan fingerprint density at radius 1 is 1.18 bits per heavy atom. The van der Waals surface area contributed by atoms with E-state index in [1.807, 2.05) is 0 Å². The van der Waals surface area contributed by atoms with Crippen molar-refractivity contribution in [3.63, 3.8) is 0 Å². The number of hydrogen-bond donors (Lipinski definition) is 2. The molecule has 7 heteroatoms. The Balaban J connectivity index is 1.60. The van der Waals surface area contributed by atoms with E-state index in [9.17, 15) is 9.59 Å². The van der Waals surface area contributed by atoms with Crippen LogP contribution >= 0.6 is 11.3 Å². The zero-order valence-electron chi connectivity index (χ0n) is 12.5. The maximum Gasteiger partial charge on any atom is 0.303 e. The third-order valence-electron chi connectivity index (χ3n) is 4.59. The summed E-state index contributed by atoms with van der Waals surface area (Å²) in [5.74, 6) is -0.428. The predicted octanol–water partition coefficient (Wildman–Crippen LogP) is 3.17. The highest BCUT2D eigenvalue weighted by atomic mass is 32.1. The minimum absolute atomic E-state index is 0.0733. The van der Waals surface area contributed by atoms with Gasteiger partial charge in [0.25, 0.3) is 0 Å². The number of aliphatic carboxylic acids is 1. The molecule has 6 nitrogen and oxygen atoms in total. The Hall–Kier alpha value is -1.50. The lowest BCUT2D eigenvalue weighted by molar-refractivity contribution is -0.140. The van der Waals surface area contributed by atoms with Crippen LogP contribution in [0.3, 0.4) is 0 Å². The second-order valence-corrected chi connectivity index (χ2v) is 7.58. The fraction of sp³-hybridized carbons (Fsp3) is 0.733. The average molecular weight is 323 g/mol. The van der Waals surface area contributed by atoms with Crippen molar-refractivity contribution in [3.8, 4) is 0 Å². The maximum absolute atomic E-state index is 12.3. The van der Waals surface area contributed by atoms with Gasteiger partial charge in [0.1, 0.15) is 5.01 Å². The van der Waals surface area contributed by atoms with E-state index >= 15 is 0 Å². The topological polar surface area (TPSA) is 92.2 Å². The number of nitrogens with one attached hydrogen (secondary N) is 1. The van der Waals surface area contributed by atoms with Crippen molar-refractivity contribution in [2.45, 2.75) is 63.7 Å². The van der Waals surface area contributed by atoms with Crippen LogP contribution in [0.25, 0.3) is 0 Å². The van der Waals surface area contributed by atoms with Crippen molar-refractivity contribution < 1.29 is 14.7 Å². The summed E-state index contributed by atoms with van der Waals surface area (Å²) < 4.78 is 0. The Kier molecular flexibility index (Phi) is 4.42. The SMILES string of the molecule is O=C(O)CC1(CC(=O)Nc2nnc(C3CC3)s2)CCCCC1. The monoisotopic (exact) mass is 323 g/mol. The number of nitrogens with zero attached hydrogens (tertiary/aromatic N) is 2. The first-order valence-corrected chi connectivity index (χ1v) is 8.73. The van der Waals surface area contributed by atoms with Gasteiger partial charge in [-0.25, -0.2) is 0 Å². The number of anilines is 1. The molecule has 0 spiro atoms. The summed E-state index contributed by atoms with van der Waals surface area (Å²) in [6, 6.07) is 0. The molecule has 2 N–H and O–H groups in total. The zero-order chi connectivity index (χ0) is 15.6. The van der Waals surface area contributed by atoms with E-state index in [1.54, 1.807) is 0 Å². The number of rotatable bonds is 6. The molecule has 2 aliphatic rings. The number of carbonyl (C=O) groups excluding carboxylic acids is 1. The smallest absolute Gasteiger partial charge is 0.303 e. The van der Waals surface area contributed by atoms with E-state index in [4.69, 9.17) is 5.11 Å². The molecule has 0 bridgehead atoms. The quantitative estimate of drug-likeness (QED) is 0.839. The third kappa shape index (κ3) is 3.82. The van der Waals surface area contributed by atoms with Crippen molar-refractivity contribution in [1.29, 1.82) is 0 Å². The maximum atomic E-state index is 12.3. The van der Waals surface area contributed by atoms with Gasteiger partial charge in [0, 0.05) is 12.3 Å². The molecule has 0 saturated heterocycles. The van der Waals surface area contributed by atoms with Gasteiger partial charge in [-0.15, -0.1) is 10.2 Å². The minimum atomic E-state index is -0.818. The molecule has 2 fully saturated rings. The van der Waals surface area contributed by atoms with Gasteiger partial charge < -0.3 is 10.4 Å². The summed E-state index contributed by atoms with van der Waals surface area (Å²) >= 11 is 1.44. The number of carboxylic acid groups (broad SMARTS) is 1. The van der Waals surface area contributed by atoms with Crippen LogP contribution in [-0.4, -0.2) is 27.2 Å². The molecule has 1 heterocycles. The van der Waals surface area contributed by atoms with Crippen LogP contribution < -0.4 is 5.32 Å². The van der Waals surface area contributed by atoms with Crippen LogP contribution in [0.5, 0.6) is 0 Å². The fourth-order valence-corrected chi connectivity index (χ4v) is 4.25. The van der Waals surface area contributed by atoms with Crippen molar-refractivity contribution in [2.24, 2.45) is 5.41 Å². The zero-order valence-corrected chi connectivity index (χ0v) is 13.3. The summed E-state index contributed by atoms with van der Waals surface area (Å²) in [5.41, 5.74) is -0.391. The Bertz CT molecular complexity index is 562. The van der Waals surface area contributed by atoms with E-state index < -0.39 is 11.4 Å². The molecule has 22 heavy (non-hydrogen) atoms. The van der Waals surface area contributed by atoms with Crippen LogP contribution in [0, 0.1) is 5.41 Å². The second kappa shape index (κ2) is 6.32. The molecule has 3 rings (SSSR count). The standard InChI is InChI=1S/C15H21N3O3S/c19-11(16-14-18-17-13(22-14)10-4-5-10)8-15(9-12(20)21)6-2-1-3-7-15/h10H,1-9H2,(H,20,21)(H,16,18,19). The fourth-order valence-electron chi connectivity index (χ4n) is 3.32. The first kappa shape index (κ1) is 15.4. The Labute approximate surface area is 133 Å². The Morgan fingerprint density at radius 2 is 1.91 bits per heavy atom. The van der Waals surface area contributed by atoms with Crippen LogP contribution in [0.15, 0.2) is 0 Å². The molecule has 1 aromatic rings. The Morgan fingerprint density at radius 3 is 2.55 bits per heavy atom. The van der Waals surface area contributed by atoms with Crippen LogP contribution in [0.2, 0.25) is 0 Å². The lowest BCUT2D eigenvalue weighted by Gasteiger charge is -2.35.